The van der Waals surface area contributed by atoms with Crippen molar-refractivity contribution in [2.45, 2.75) is 26.3 Å². The quantitative estimate of drug-likeness (QED) is 0.904. The average Bonchev–Trinajstić information content (AvgIpc) is 2.48. The lowest BCUT2D eigenvalue weighted by molar-refractivity contribution is -0.116. The van der Waals surface area contributed by atoms with Crippen LogP contribution in [-0.4, -0.2) is 54.5 Å². The van der Waals surface area contributed by atoms with Crippen LogP contribution in [0.1, 0.15) is 20.3 Å². The predicted molar refractivity (Wildman–Crippen MR) is 82.8 cm³/mol. The molecule has 1 saturated heterocycles. The molecule has 0 bridgehead atoms. The highest BCUT2D eigenvalue weighted by Gasteiger charge is 2.19. The van der Waals surface area contributed by atoms with Gasteiger partial charge in [-0.25, -0.2) is 4.39 Å². The van der Waals surface area contributed by atoms with Gasteiger partial charge in [-0.3, -0.25) is 9.69 Å². The smallest absolute Gasteiger partial charge is 0.225 e. The van der Waals surface area contributed by atoms with E-state index >= 15 is 0 Å². The first-order chi connectivity index (χ1) is 10.1. The summed E-state index contributed by atoms with van der Waals surface area (Å²) in [4.78, 5) is 16.6. The molecule has 116 valence electrons. The van der Waals surface area contributed by atoms with E-state index in [0.717, 1.165) is 32.7 Å². The summed E-state index contributed by atoms with van der Waals surface area (Å²) in [5, 5.41) is 2.63. The van der Waals surface area contributed by atoms with Gasteiger partial charge in [-0.05, 0) is 26.0 Å². The first-order valence-corrected chi connectivity index (χ1v) is 7.57. The molecule has 21 heavy (non-hydrogen) atoms. The normalized spacial score (nSPS) is 17.1. The molecule has 1 fully saturated rings. The van der Waals surface area contributed by atoms with Crippen LogP contribution < -0.4 is 5.32 Å². The molecule has 0 saturated carbocycles. The van der Waals surface area contributed by atoms with Gasteiger partial charge in [0.05, 0.1) is 5.69 Å². The maximum atomic E-state index is 13.4. The van der Waals surface area contributed by atoms with Crippen LogP contribution in [0, 0.1) is 5.82 Å². The molecule has 4 nitrogen and oxygen atoms in total. The number of piperazine rings is 1. The van der Waals surface area contributed by atoms with Crippen LogP contribution in [0.15, 0.2) is 24.3 Å². The molecule has 1 aliphatic heterocycles. The van der Waals surface area contributed by atoms with E-state index in [4.69, 9.17) is 0 Å². The van der Waals surface area contributed by atoms with Crippen LogP contribution in [0.4, 0.5) is 10.1 Å². The Balaban J connectivity index is 1.72. The molecule has 1 aromatic carbocycles. The Labute approximate surface area is 125 Å². The van der Waals surface area contributed by atoms with Crippen molar-refractivity contribution in [2.75, 3.05) is 38.0 Å². The zero-order valence-corrected chi connectivity index (χ0v) is 12.8. The number of carbonyl (C=O) groups excluding carboxylic acids is 1. The Kier molecular flexibility index (Phi) is 5.70. The van der Waals surface area contributed by atoms with Crippen molar-refractivity contribution in [1.29, 1.82) is 0 Å². The maximum absolute atomic E-state index is 13.4. The molecule has 0 atom stereocenters. The molecule has 1 aliphatic rings. The first-order valence-electron chi connectivity index (χ1n) is 7.57. The molecule has 1 amide bonds. The molecular formula is C16H24FN3O. The summed E-state index contributed by atoms with van der Waals surface area (Å²) >= 11 is 0. The van der Waals surface area contributed by atoms with Crippen molar-refractivity contribution in [2.24, 2.45) is 0 Å². The number of nitrogens with one attached hydrogen (secondary N) is 1. The largest absolute Gasteiger partial charge is 0.324 e. The lowest BCUT2D eigenvalue weighted by Gasteiger charge is -2.36. The number of nitrogens with zero attached hydrogens (tertiary/aromatic N) is 2. The number of hydrogen-bond acceptors (Lipinski definition) is 3. The lowest BCUT2D eigenvalue weighted by atomic mass is 10.2. The van der Waals surface area contributed by atoms with E-state index in [1.165, 1.54) is 6.07 Å². The third-order valence-corrected chi connectivity index (χ3v) is 3.94. The summed E-state index contributed by atoms with van der Waals surface area (Å²) in [6.45, 7) is 9.22. The second-order valence-corrected chi connectivity index (χ2v) is 5.75. The minimum absolute atomic E-state index is 0.133. The molecule has 0 aromatic heterocycles. The minimum Gasteiger partial charge on any atom is -0.324 e. The van der Waals surface area contributed by atoms with E-state index in [0.29, 0.717) is 12.5 Å². The van der Waals surface area contributed by atoms with Gasteiger partial charge in [0.25, 0.3) is 0 Å². The van der Waals surface area contributed by atoms with Crippen molar-refractivity contribution in [3.63, 3.8) is 0 Å². The molecule has 0 spiro atoms. The highest BCUT2D eigenvalue weighted by atomic mass is 19.1. The fourth-order valence-electron chi connectivity index (χ4n) is 2.54. The van der Waals surface area contributed by atoms with Gasteiger partial charge in [0, 0.05) is 45.2 Å². The Hall–Kier alpha value is -1.46. The van der Waals surface area contributed by atoms with Gasteiger partial charge >= 0.3 is 0 Å². The van der Waals surface area contributed by atoms with Crippen LogP contribution >= 0.6 is 0 Å². The van der Waals surface area contributed by atoms with Crippen molar-refractivity contribution in [3.8, 4) is 0 Å². The van der Waals surface area contributed by atoms with E-state index in [1.54, 1.807) is 18.2 Å². The number of amides is 1. The van der Waals surface area contributed by atoms with Crippen LogP contribution in [0.2, 0.25) is 0 Å². The predicted octanol–water partition coefficient (Wildman–Crippen LogP) is 2.18. The minimum atomic E-state index is -0.392. The van der Waals surface area contributed by atoms with E-state index in [9.17, 15) is 9.18 Å². The van der Waals surface area contributed by atoms with Gasteiger partial charge in [-0.15, -0.1) is 0 Å². The summed E-state index contributed by atoms with van der Waals surface area (Å²) in [5.74, 6) is -0.525. The zero-order chi connectivity index (χ0) is 15.2. The Morgan fingerprint density at radius 3 is 2.52 bits per heavy atom. The number of carbonyl (C=O) groups is 1. The Morgan fingerprint density at radius 1 is 1.24 bits per heavy atom. The Bertz CT molecular complexity index is 470. The lowest BCUT2D eigenvalue weighted by Crippen LogP contribution is -2.49. The van der Waals surface area contributed by atoms with Crippen molar-refractivity contribution >= 4 is 11.6 Å². The molecule has 5 heteroatoms. The number of hydrogen-bond donors (Lipinski definition) is 1. The van der Waals surface area contributed by atoms with Gasteiger partial charge in [0.1, 0.15) is 5.82 Å². The van der Waals surface area contributed by atoms with Gasteiger partial charge in [-0.1, -0.05) is 12.1 Å². The number of benzene rings is 1. The van der Waals surface area contributed by atoms with E-state index < -0.39 is 5.82 Å². The molecule has 2 rings (SSSR count). The van der Waals surface area contributed by atoms with Crippen LogP contribution in [0.3, 0.4) is 0 Å². The highest BCUT2D eigenvalue weighted by molar-refractivity contribution is 5.90. The second kappa shape index (κ2) is 7.52. The molecular weight excluding hydrogens is 269 g/mol. The van der Waals surface area contributed by atoms with Crippen molar-refractivity contribution < 1.29 is 9.18 Å². The van der Waals surface area contributed by atoms with Crippen molar-refractivity contribution in [1.82, 2.24) is 9.80 Å². The maximum Gasteiger partial charge on any atom is 0.225 e. The van der Waals surface area contributed by atoms with Crippen LogP contribution in [-0.2, 0) is 4.79 Å². The van der Waals surface area contributed by atoms with E-state index in [1.807, 2.05) is 0 Å². The third-order valence-electron chi connectivity index (χ3n) is 3.94. The number of rotatable bonds is 5. The summed E-state index contributed by atoms with van der Waals surface area (Å²) in [5.41, 5.74) is 0.257. The molecule has 1 heterocycles. The SMILES string of the molecule is CC(C)N1CCN(CCC(=O)Nc2ccccc2F)CC1. The summed E-state index contributed by atoms with van der Waals surface area (Å²) in [7, 11) is 0. The van der Waals surface area contributed by atoms with Gasteiger partial charge in [-0.2, -0.15) is 0 Å². The topological polar surface area (TPSA) is 35.6 Å². The fourth-order valence-corrected chi connectivity index (χ4v) is 2.54. The first kappa shape index (κ1) is 15.9. The number of para-hydroxylation sites is 1. The molecule has 1 N–H and O–H groups in total. The molecule has 0 radical (unpaired) electrons. The third kappa shape index (κ3) is 4.79. The standard InChI is InChI=1S/C16H24FN3O/c1-13(2)20-11-9-19(10-12-20)8-7-16(21)18-15-6-4-3-5-14(15)17/h3-6,13H,7-12H2,1-2H3,(H,18,21). The second-order valence-electron chi connectivity index (χ2n) is 5.75. The summed E-state index contributed by atoms with van der Waals surface area (Å²) in [6, 6.07) is 6.83. The Morgan fingerprint density at radius 2 is 1.90 bits per heavy atom. The number of anilines is 1. The molecule has 0 unspecified atom stereocenters. The van der Waals surface area contributed by atoms with Crippen LogP contribution in [0.25, 0.3) is 0 Å². The average molecular weight is 293 g/mol. The van der Waals surface area contributed by atoms with Gasteiger partial charge in [0.2, 0.25) is 5.91 Å². The van der Waals surface area contributed by atoms with Gasteiger partial charge < -0.3 is 10.2 Å². The summed E-state index contributed by atoms with van der Waals surface area (Å²) < 4.78 is 13.4. The van der Waals surface area contributed by atoms with Crippen LogP contribution in [0.5, 0.6) is 0 Å². The van der Waals surface area contributed by atoms with E-state index in [-0.39, 0.29) is 11.6 Å². The summed E-state index contributed by atoms with van der Waals surface area (Å²) in [6.07, 6.45) is 0.399. The highest BCUT2D eigenvalue weighted by Crippen LogP contribution is 2.13. The van der Waals surface area contributed by atoms with Gasteiger partial charge in [0.15, 0.2) is 0 Å². The molecule has 1 aromatic rings. The zero-order valence-electron chi connectivity index (χ0n) is 12.8. The molecule has 0 aliphatic carbocycles. The van der Waals surface area contributed by atoms with E-state index in [2.05, 4.69) is 29.0 Å². The van der Waals surface area contributed by atoms with Crippen molar-refractivity contribution in [3.05, 3.63) is 30.1 Å². The fraction of sp³-hybridized carbons (Fsp3) is 0.562. The monoisotopic (exact) mass is 293 g/mol. The number of halogens is 1.